The molecule has 0 saturated carbocycles. The molecule has 0 saturated heterocycles. The van der Waals surface area contributed by atoms with Gasteiger partial charge < -0.3 is 9.15 Å². The van der Waals surface area contributed by atoms with E-state index in [0.717, 1.165) is 11.8 Å². The van der Waals surface area contributed by atoms with Crippen molar-refractivity contribution in [1.82, 2.24) is 4.98 Å². The third-order valence-electron chi connectivity index (χ3n) is 3.29. The van der Waals surface area contributed by atoms with Crippen molar-refractivity contribution in [3.05, 3.63) is 47.5 Å². The van der Waals surface area contributed by atoms with Crippen molar-refractivity contribution < 1.29 is 22.4 Å². The Balaban J connectivity index is 1.83. The second kappa shape index (κ2) is 7.56. The summed E-state index contributed by atoms with van der Waals surface area (Å²) in [4.78, 5) is 15.4. The van der Waals surface area contributed by atoms with E-state index in [9.17, 15) is 13.2 Å². The van der Waals surface area contributed by atoms with E-state index in [1.807, 2.05) is 0 Å². The van der Waals surface area contributed by atoms with Crippen LogP contribution < -0.4 is 4.72 Å². The highest BCUT2D eigenvalue weighted by molar-refractivity contribution is 7.99. The monoisotopic (exact) mass is 412 g/mol. The number of nitrogens with zero attached hydrogens (tertiary/aromatic N) is 1. The van der Waals surface area contributed by atoms with Crippen molar-refractivity contribution in [2.24, 2.45) is 0 Å². The maximum atomic E-state index is 12.5. The van der Waals surface area contributed by atoms with Crippen LogP contribution in [-0.4, -0.2) is 32.2 Å². The molecule has 7 nitrogen and oxygen atoms in total. The summed E-state index contributed by atoms with van der Waals surface area (Å²) in [5, 5.41) is 0.763. The van der Waals surface area contributed by atoms with Crippen LogP contribution in [0.2, 0.25) is 5.02 Å². The summed E-state index contributed by atoms with van der Waals surface area (Å²) in [5.41, 5.74) is 1.18. The Morgan fingerprint density at radius 1 is 1.27 bits per heavy atom. The molecule has 0 aliphatic rings. The molecule has 1 heterocycles. The van der Waals surface area contributed by atoms with Crippen molar-refractivity contribution in [3.8, 4) is 0 Å². The van der Waals surface area contributed by atoms with E-state index in [0.29, 0.717) is 21.8 Å². The summed E-state index contributed by atoms with van der Waals surface area (Å²) in [6, 6.07) is 10.6. The van der Waals surface area contributed by atoms with E-state index in [4.69, 9.17) is 16.0 Å². The Hall–Kier alpha value is -2.23. The van der Waals surface area contributed by atoms with E-state index in [2.05, 4.69) is 14.4 Å². The number of anilines is 1. The second-order valence-electron chi connectivity index (χ2n) is 5.09. The minimum atomic E-state index is -3.79. The SMILES string of the molecule is COC(=O)CSc1nc2cc(S(=O)(=O)Nc3ccc(Cl)cc3)ccc2o1. The number of carbonyl (C=O) groups excluding carboxylic acids is 1. The van der Waals surface area contributed by atoms with Crippen LogP contribution in [0.3, 0.4) is 0 Å². The standard InChI is InChI=1S/C16H13ClN2O5S2/c1-23-15(20)9-25-16-18-13-8-12(6-7-14(13)24-16)26(21,22)19-11-4-2-10(17)3-5-11/h2-8,19H,9H2,1H3. The molecule has 0 radical (unpaired) electrons. The number of thioether (sulfide) groups is 1. The quantitative estimate of drug-likeness (QED) is 0.488. The number of benzene rings is 2. The normalized spacial score (nSPS) is 11.5. The van der Waals surface area contributed by atoms with Gasteiger partial charge in [-0.25, -0.2) is 13.4 Å². The van der Waals surface area contributed by atoms with Crippen LogP contribution >= 0.6 is 23.4 Å². The molecule has 0 aliphatic carbocycles. The molecule has 26 heavy (non-hydrogen) atoms. The Kier molecular flexibility index (Phi) is 5.40. The minimum absolute atomic E-state index is 0.0396. The molecular weight excluding hydrogens is 400 g/mol. The number of hydrogen-bond donors (Lipinski definition) is 1. The molecular formula is C16H13ClN2O5S2. The third kappa shape index (κ3) is 4.29. The highest BCUT2D eigenvalue weighted by Gasteiger charge is 2.17. The Morgan fingerprint density at radius 2 is 2.00 bits per heavy atom. The van der Waals surface area contributed by atoms with Gasteiger partial charge in [0.05, 0.1) is 12.0 Å². The van der Waals surface area contributed by atoms with Gasteiger partial charge >= 0.3 is 5.97 Å². The van der Waals surface area contributed by atoms with Gasteiger partial charge in [0.1, 0.15) is 11.3 Å². The molecule has 0 fully saturated rings. The van der Waals surface area contributed by atoms with Crippen molar-refractivity contribution in [1.29, 1.82) is 0 Å². The molecule has 2 aromatic carbocycles. The number of fused-ring (bicyclic) bond motifs is 1. The molecule has 1 aromatic heterocycles. The molecule has 0 amide bonds. The Bertz CT molecular complexity index is 1050. The number of ether oxygens (including phenoxy) is 1. The molecule has 1 N–H and O–H groups in total. The lowest BCUT2D eigenvalue weighted by Gasteiger charge is -2.07. The molecule has 0 spiro atoms. The summed E-state index contributed by atoms with van der Waals surface area (Å²) < 4.78 is 37.5. The van der Waals surface area contributed by atoms with E-state index >= 15 is 0 Å². The van der Waals surface area contributed by atoms with Crippen molar-refractivity contribution in [2.45, 2.75) is 10.1 Å². The van der Waals surface area contributed by atoms with Gasteiger partial charge in [-0.3, -0.25) is 9.52 Å². The van der Waals surface area contributed by atoms with Crippen molar-refractivity contribution in [2.75, 3.05) is 17.6 Å². The number of hydrogen-bond acceptors (Lipinski definition) is 7. The molecule has 136 valence electrons. The number of halogens is 1. The van der Waals surface area contributed by atoms with Gasteiger partial charge in [0.15, 0.2) is 5.58 Å². The van der Waals surface area contributed by atoms with Gasteiger partial charge in [-0.15, -0.1) is 0 Å². The number of nitrogens with one attached hydrogen (secondary N) is 1. The number of esters is 1. The van der Waals surface area contributed by atoms with Crippen LogP contribution in [0.5, 0.6) is 0 Å². The smallest absolute Gasteiger partial charge is 0.316 e. The van der Waals surface area contributed by atoms with Gasteiger partial charge in [0.25, 0.3) is 15.2 Å². The molecule has 0 atom stereocenters. The van der Waals surface area contributed by atoms with Crippen LogP contribution in [0.25, 0.3) is 11.1 Å². The zero-order valence-electron chi connectivity index (χ0n) is 13.4. The average Bonchev–Trinajstić information content (AvgIpc) is 3.03. The second-order valence-corrected chi connectivity index (χ2v) is 8.13. The third-order valence-corrected chi connectivity index (χ3v) is 5.72. The number of carbonyl (C=O) groups is 1. The maximum Gasteiger partial charge on any atom is 0.316 e. The van der Waals surface area contributed by atoms with Gasteiger partial charge in [-0.05, 0) is 42.5 Å². The number of rotatable bonds is 6. The first-order valence-electron chi connectivity index (χ1n) is 7.26. The van der Waals surface area contributed by atoms with Gasteiger partial charge in [0, 0.05) is 10.7 Å². The number of oxazole rings is 1. The number of sulfonamides is 1. The topological polar surface area (TPSA) is 98.5 Å². The summed E-state index contributed by atoms with van der Waals surface area (Å²) in [6.07, 6.45) is 0. The molecule has 0 bridgehead atoms. The summed E-state index contributed by atoms with van der Waals surface area (Å²) in [6.45, 7) is 0. The predicted molar refractivity (Wildman–Crippen MR) is 99.0 cm³/mol. The average molecular weight is 413 g/mol. The maximum absolute atomic E-state index is 12.5. The first-order valence-corrected chi connectivity index (χ1v) is 10.1. The van der Waals surface area contributed by atoms with E-state index in [1.54, 1.807) is 24.3 Å². The molecule has 3 aromatic rings. The fraction of sp³-hybridized carbons (Fsp3) is 0.125. The molecule has 0 aliphatic heterocycles. The minimum Gasteiger partial charge on any atom is -0.468 e. The van der Waals surface area contributed by atoms with Crippen LogP contribution in [0.15, 0.2) is 57.0 Å². The highest BCUT2D eigenvalue weighted by Crippen LogP contribution is 2.26. The Morgan fingerprint density at radius 3 is 2.69 bits per heavy atom. The fourth-order valence-electron chi connectivity index (χ4n) is 2.03. The lowest BCUT2D eigenvalue weighted by molar-refractivity contribution is -0.137. The number of methoxy groups -OCH3 is 1. The van der Waals surface area contributed by atoms with Crippen LogP contribution in [-0.2, 0) is 19.6 Å². The Labute approximate surface area is 158 Å². The van der Waals surface area contributed by atoms with Gasteiger partial charge in [0.2, 0.25) is 0 Å². The van der Waals surface area contributed by atoms with Crippen LogP contribution in [0.4, 0.5) is 5.69 Å². The first kappa shape index (κ1) is 18.6. The molecule has 3 rings (SSSR count). The highest BCUT2D eigenvalue weighted by atomic mass is 35.5. The van der Waals surface area contributed by atoms with E-state index in [-0.39, 0.29) is 15.9 Å². The predicted octanol–water partition coefficient (Wildman–Crippen LogP) is 3.55. The van der Waals surface area contributed by atoms with E-state index in [1.165, 1.54) is 25.3 Å². The van der Waals surface area contributed by atoms with Crippen molar-refractivity contribution >= 4 is 56.1 Å². The van der Waals surface area contributed by atoms with Gasteiger partial charge in [-0.2, -0.15) is 0 Å². The lowest BCUT2D eigenvalue weighted by Crippen LogP contribution is -2.12. The zero-order valence-corrected chi connectivity index (χ0v) is 15.8. The molecule has 0 unspecified atom stereocenters. The van der Waals surface area contributed by atoms with Gasteiger partial charge in [-0.1, -0.05) is 23.4 Å². The largest absolute Gasteiger partial charge is 0.468 e. The molecule has 10 heteroatoms. The lowest BCUT2D eigenvalue weighted by atomic mass is 10.3. The van der Waals surface area contributed by atoms with Crippen molar-refractivity contribution in [3.63, 3.8) is 0 Å². The summed E-state index contributed by atoms with van der Waals surface area (Å²) in [5.74, 6) is -0.361. The fourth-order valence-corrected chi connectivity index (χ4v) is 3.90. The summed E-state index contributed by atoms with van der Waals surface area (Å²) in [7, 11) is -2.50. The summed E-state index contributed by atoms with van der Waals surface area (Å²) >= 11 is 6.86. The van der Waals surface area contributed by atoms with E-state index < -0.39 is 16.0 Å². The van der Waals surface area contributed by atoms with Crippen LogP contribution in [0, 0.1) is 0 Å². The van der Waals surface area contributed by atoms with Crippen LogP contribution in [0.1, 0.15) is 0 Å². The number of aromatic nitrogens is 1. The zero-order chi connectivity index (χ0) is 18.7. The first-order chi connectivity index (χ1) is 12.4.